The topological polar surface area (TPSA) is 12.0 Å². The quantitative estimate of drug-likeness (QED) is 0.796. The second kappa shape index (κ2) is 5.86. The monoisotopic (exact) mass is 289 g/mol. The molecule has 0 aromatic rings. The van der Waals surface area contributed by atoms with Gasteiger partial charge in [-0.05, 0) is 50.4 Å². The standard InChI is InChI=1S/C16H26F3N/c17-16(18,19)14-6-1-2-7-15(14)20-13-5-3-4-12(10-13)11-8-9-11/h11-15,20H,1-10H2. The minimum absolute atomic E-state index is 0.319. The molecule has 3 saturated carbocycles. The number of alkyl halides is 3. The first-order chi connectivity index (χ1) is 9.54. The van der Waals surface area contributed by atoms with Crippen LogP contribution in [0.1, 0.15) is 64.2 Å². The summed E-state index contributed by atoms with van der Waals surface area (Å²) >= 11 is 0. The van der Waals surface area contributed by atoms with Crippen molar-refractivity contribution in [3.63, 3.8) is 0 Å². The van der Waals surface area contributed by atoms with Crippen molar-refractivity contribution in [3.8, 4) is 0 Å². The van der Waals surface area contributed by atoms with Gasteiger partial charge in [0.1, 0.15) is 0 Å². The average molecular weight is 289 g/mol. The largest absolute Gasteiger partial charge is 0.393 e. The Morgan fingerprint density at radius 1 is 0.750 bits per heavy atom. The molecule has 1 nitrogen and oxygen atoms in total. The van der Waals surface area contributed by atoms with Crippen LogP contribution in [0.5, 0.6) is 0 Å². The summed E-state index contributed by atoms with van der Waals surface area (Å²) < 4.78 is 39.4. The van der Waals surface area contributed by atoms with Gasteiger partial charge in [0.2, 0.25) is 0 Å². The lowest BCUT2D eigenvalue weighted by Gasteiger charge is -2.38. The van der Waals surface area contributed by atoms with Gasteiger partial charge in [0.05, 0.1) is 5.92 Å². The summed E-state index contributed by atoms with van der Waals surface area (Å²) in [5.41, 5.74) is 0. The minimum atomic E-state index is -4.03. The lowest BCUT2D eigenvalue weighted by molar-refractivity contribution is -0.189. The van der Waals surface area contributed by atoms with E-state index in [1.54, 1.807) is 0 Å². The van der Waals surface area contributed by atoms with Crippen LogP contribution >= 0.6 is 0 Å². The van der Waals surface area contributed by atoms with Gasteiger partial charge in [-0.15, -0.1) is 0 Å². The van der Waals surface area contributed by atoms with Crippen molar-refractivity contribution in [2.24, 2.45) is 17.8 Å². The minimum Gasteiger partial charge on any atom is -0.311 e. The van der Waals surface area contributed by atoms with Crippen LogP contribution in [0.15, 0.2) is 0 Å². The van der Waals surface area contributed by atoms with Gasteiger partial charge >= 0.3 is 6.18 Å². The van der Waals surface area contributed by atoms with Gasteiger partial charge in [0.15, 0.2) is 0 Å². The molecule has 0 aromatic heterocycles. The predicted molar refractivity (Wildman–Crippen MR) is 73.4 cm³/mol. The van der Waals surface area contributed by atoms with E-state index in [9.17, 15) is 13.2 Å². The Labute approximate surface area is 119 Å². The zero-order chi connectivity index (χ0) is 14.2. The summed E-state index contributed by atoms with van der Waals surface area (Å²) in [6.07, 6.45) is 6.07. The zero-order valence-corrected chi connectivity index (χ0v) is 12.1. The first-order valence-electron chi connectivity index (χ1n) is 8.37. The van der Waals surface area contributed by atoms with Crippen molar-refractivity contribution < 1.29 is 13.2 Å². The first kappa shape index (κ1) is 14.7. The first-order valence-corrected chi connectivity index (χ1v) is 8.37. The van der Waals surface area contributed by atoms with Gasteiger partial charge < -0.3 is 5.32 Å². The van der Waals surface area contributed by atoms with E-state index < -0.39 is 12.1 Å². The molecule has 3 aliphatic rings. The molecule has 0 aliphatic heterocycles. The van der Waals surface area contributed by atoms with Crippen molar-refractivity contribution in [1.82, 2.24) is 5.32 Å². The highest BCUT2D eigenvalue weighted by molar-refractivity contribution is 4.92. The fourth-order valence-electron chi connectivity index (χ4n) is 4.40. The predicted octanol–water partition coefficient (Wildman–Crippen LogP) is 4.67. The Hall–Kier alpha value is -0.250. The molecular weight excluding hydrogens is 263 g/mol. The van der Waals surface area contributed by atoms with E-state index in [0.717, 1.165) is 37.5 Å². The van der Waals surface area contributed by atoms with E-state index >= 15 is 0 Å². The fourth-order valence-corrected chi connectivity index (χ4v) is 4.40. The SMILES string of the molecule is FC(F)(F)C1CCCCC1NC1CCCC(C2CC2)C1. The number of rotatable bonds is 3. The van der Waals surface area contributed by atoms with E-state index in [4.69, 9.17) is 0 Å². The Bertz CT molecular complexity index is 324. The van der Waals surface area contributed by atoms with E-state index in [0.29, 0.717) is 18.9 Å². The molecule has 3 fully saturated rings. The maximum atomic E-state index is 13.1. The average Bonchev–Trinajstić information content (AvgIpc) is 3.23. The molecule has 4 unspecified atom stereocenters. The van der Waals surface area contributed by atoms with Crippen LogP contribution in [0.3, 0.4) is 0 Å². The van der Waals surface area contributed by atoms with E-state index in [1.165, 1.54) is 25.7 Å². The van der Waals surface area contributed by atoms with Crippen molar-refractivity contribution in [1.29, 1.82) is 0 Å². The molecule has 116 valence electrons. The summed E-state index contributed by atoms with van der Waals surface area (Å²) in [4.78, 5) is 0. The van der Waals surface area contributed by atoms with Gasteiger partial charge in [0, 0.05) is 12.1 Å². The van der Waals surface area contributed by atoms with Crippen molar-refractivity contribution >= 4 is 0 Å². The van der Waals surface area contributed by atoms with Crippen LogP contribution in [0.2, 0.25) is 0 Å². The van der Waals surface area contributed by atoms with Crippen LogP contribution in [0.25, 0.3) is 0 Å². The number of hydrogen-bond acceptors (Lipinski definition) is 1. The molecular formula is C16H26F3N. The maximum Gasteiger partial charge on any atom is 0.393 e. The highest BCUT2D eigenvalue weighted by atomic mass is 19.4. The molecule has 3 rings (SSSR count). The van der Waals surface area contributed by atoms with Crippen molar-refractivity contribution in [2.75, 3.05) is 0 Å². The molecule has 1 N–H and O–H groups in total. The summed E-state index contributed by atoms with van der Waals surface area (Å²) in [6, 6.07) is 0.00834. The number of nitrogens with one attached hydrogen (secondary N) is 1. The second-order valence-electron chi connectivity index (χ2n) is 7.17. The molecule has 0 heterocycles. The van der Waals surface area contributed by atoms with Crippen LogP contribution in [0, 0.1) is 17.8 Å². The van der Waals surface area contributed by atoms with Crippen molar-refractivity contribution in [2.45, 2.75) is 82.5 Å². The Balaban J connectivity index is 1.57. The second-order valence-corrected chi connectivity index (χ2v) is 7.17. The van der Waals surface area contributed by atoms with Crippen molar-refractivity contribution in [3.05, 3.63) is 0 Å². The molecule has 4 heteroatoms. The Kier molecular flexibility index (Phi) is 4.30. The number of hydrogen-bond donors (Lipinski definition) is 1. The molecule has 0 bridgehead atoms. The summed E-state index contributed by atoms with van der Waals surface area (Å²) in [7, 11) is 0. The highest BCUT2D eigenvalue weighted by Crippen LogP contribution is 2.44. The van der Waals surface area contributed by atoms with E-state index in [1.807, 2.05) is 0 Å². The molecule has 0 amide bonds. The third kappa shape index (κ3) is 3.49. The summed E-state index contributed by atoms with van der Waals surface area (Å²) in [6.45, 7) is 0. The van der Waals surface area contributed by atoms with Gasteiger partial charge in [-0.2, -0.15) is 13.2 Å². The molecule has 0 radical (unpaired) electrons. The molecule has 0 saturated heterocycles. The van der Waals surface area contributed by atoms with Gasteiger partial charge in [-0.3, -0.25) is 0 Å². The Morgan fingerprint density at radius 3 is 2.20 bits per heavy atom. The molecule has 4 atom stereocenters. The van der Waals surface area contributed by atoms with E-state index in [-0.39, 0.29) is 6.04 Å². The molecule has 0 spiro atoms. The molecule has 0 aromatic carbocycles. The fraction of sp³-hybridized carbons (Fsp3) is 1.00. The van der Waals surface area contributed by atoms with Gasteiger partial charge in [-0.1, -0.05) is 25.7 Å². The smallest absolute Gasteiger partial charge is 0.311 e. The van der Waals surface area contributed by atoms with Crippen LogP contribution in [0.4, 0.5) is 13.2 Å². The molecule has 3 aliphatic carbocycles. The number of halogens is 3. The van der Waals surface area contributed by atoms with Crippen LogP contribution in [-0.4, -0.2) is 18.3 Å². The van der Waals surface area contributed by atoms with Crippen LogP contribution in [-0.2, 0) is 0 Å². The third-order valence-corrected chi connectivity index (χ3v) is 5.64. The lowest BCUT2D eigenvalue weighted by atomic mass is 9.79. The summed E-state index contributed by atoms with van der Waals surface area (Å²) in [5, 5.41) is 3.41. The third-order valence-electron chi connectivity index (χ3n) is 5.64. The Morgan fingerprint density at radius 2 is 1.50 bits per heavy atom. The normalized spacial score (nSPS) is 39.8. The zero-order valence-electron chi connectivity index (χ0n) is 12.1. The van der Waals surface area contributed by atoms with E-state index in [2.05, 4.69) is 5.32 Å². The lowest BCUT2D eigenvalue weighted by Crippen LogP contribution is -2.50. The van der Waals surface area contributed by atoms with Gasteiger partial charge in [-0.25, -0.2) is 0 Å². The molecule has 20 heavy (non-hydrogen) atoms. The highest BCUT2D eigenvalue weighted by Gasteiger charge is 2.46. The maximum absolute atomic E-state index is 13.1. The van der Waals surface area contributed by atoms with Gasteiger partial charge in [0.25, 0.3) is 0 Å². The van der Waals surface area contributed by atoms with Crippen LogP contribution < -0.4 is 5.32 Å². The summed E-state index contributed by atoms with van der Waals surface area (Å²) in [5.74, 6) is 0.566.